The predicted molar refractivity (Wildman–Crippen MR) is 123 cm³/mol. The van der Waals surface area contributed by atoms with Gasteiger partial charge >= 0.3 is 19.6 Å². The van der Waals surface area contributed by atoms with Crippen LogP contribution < -0.4 is 14.2 Å². The van der Waals surface area contributed by atoms with Crippen molar-refractivity contribution in [3.8, 4) is 23.5 Å². The molecule has 0 aliphatic heterocycles. The first kappa shape index (κ1) is 25.2. The second-order valence-corrected chi connectivity index (χ2v) is 9.19. The zero-order valence-corrected chi connectivity index (χ0v) is 20.3. The van der Waals surface area contributed by atoms with Crippen molar-refractivity contribution in [3.63, 3.8) is 0 Å². The Labute approximate surface area is 197 Å². The third-order valence-electron chi connectivity index (χ3n) is 4.76. The van der Waals surface area contributed by atoms with Crippen LogP contribution >= 0.6 is 7.60 Å². The van der Waals surface area contributed by atoms with E-state index in [1.165, 1.54) is 40.6 Å². The quantitative estimate of drug-likeness (QED) is 0.287. The van der Waals surface area contributed by atoms with Gasteiger partial charge in [0.1, 0.15) is 11.3 Å². The van der Waals surface area contributed by atoms with Crippen LogP contribution in [-0.2, 0) is 18.3 Å². The molecule has 1 heterocycles. The fourth-order valence-electron chi connectivity index (χ4n) is 2.94. The van der Waals surface area contributed by atoms with Crippen LogP contribution in [0.4, 0.5) is 0 Å². The van der Waals surface area contributed by atoms with Crippen molar-refractivity contribution in [1.82, 2.24) is 9.97 Å². The van der Waals surface area contributed by atoms with E-state index in [1.807, 2.05) is 6.92 Å². The van der Waals surface area contributed by atoms with Gasteiger partial charge in [-0.15, -0.1) is 0 Å². The topological polar surface area (TPSA) is 115 Å². The number of para-hydroxylation sites is 1. The predicted octanol–water partition coefficient (Wildman–Crippen LogP) is 4.94. The molecule has 0 radical (unpaired) electrons. The normalized spacial score (nSPS) is 12.0. The van der Waals surface area contributed by atoms with Crippen molar-refractivity contribution >= 4 is 13.6 Å². The smallest absolute Gasteiger partial charge is 0.375 e. The molecule has 2 aromatic carbocycles. The number of methoxy groups -OCH3 is 2. The number of rotatable bonds is 10. The van der Waals surface area contributed by atoms with E-state index in [0.29, 0.717) is 5.56 Å². The zero-order chi connectivity index (χ0) is 24.7. The lowest BCUT2D eigenvalue weighted by Crippen LogP contribution is -2.15. The summed E-state index contributed by atoms with van der Waals surface area (Å²) in [5, 5.41) is 0. The van der Waals surface area contributed by atoms with E-state index in [0.717, 1.165) is 5.56 Å². The molecule has 0 fully saturated rings. The second-order valence-electron chi connectivity index (χ2n) is 6.91. The highest BCUT2D eigenvalue weighted by Gasteiger charge is 2.39. The number of hydrogen-bond acceptors (Lipinski definition) is 10. The van der Waals surface area contributed by atoms with Crippen LogP contribution in [0.1, 0.15) is 27.3 Å². The Bertz CT molecular complexity index is 1160. The van der Waals surface area contributed by atoms with Crippen LogP contribution in [0.15, 0.2) is 54.6 Å². The lowest BCUT2D eigenvalue weighted by molar-refractivity contribution is 0.0378. The van der Waals surface area contributed by atoms with Crippen molar-refractivity contribution < 1.29 is 37.4 Å². The molecular weight excluding hydrogens is 463 g/mol. The highest BCUT2D eigenvalue weighted by atomic mass is 31.2. The minimum absolute atomic E-state index is 0.0451. The molecule has 0 saturated heterocycles. The van der Waals surface area contributed by atoms with Gasteiger partial charge in [0.15, 0.2) is 0 Å². The van der Waals surface area contributed by atoms with Crippen LogP contribution in [0.5, 0.6) is 23.5 Å². The molecule has 0 aliphatic rings. The van der Waals surface area contributed by atoms with Gasteiger partial charge in [-0.2, -0.15) is 9.97 Å². The third kappa shape index (κ3) is 5.72. The van der Waals surface area contributed by atoms with Gasteiger partial charge in [0, 0.05) is 19.8 Å². The molecule has 1 aromatic heterocycles. The number of carbonyl (C=O) groups excluding carboxylic acids is 1. The summed E-state index contributed by atoms with van der Waals surface area (Å²) in [5.41, 5.74) is 1.47. The molecule has 0 spiro atoms. The van der Waals surface area contributed by atoms with Gasteiger partial charge in [0.05, 0.1) is 20.3 Å². The molecule has 34 heavy (non-hydrogen) atoms. The molecular formula is C23H25N2O8P. The summed E-state index contributed by atoms with van der Waals surface area (Å²) in [6.45, 7) is 1.90. The molecule has 11 heteroatoms. The van der Waals surface area contributed by atoms with E-state index in [9.17, 15) is 9.36 Å². The molecule has 180 valence electrons. The number of hydrogen-bond donors (Lipinski definition) is 0. The SMILES string of the molecule is COc1cc(OC)nc(Oc2ccccc2C(=O)OC(c2ccc(C)cc2)P(=O)(OC)OC)n1. The van der Waals surface area contributed by atoms with Gasteiger partial charge in [-0.05, 0) is 19.1 Å². The third-order valence-corrected chi connectivity index (χ3v) is 6.76. The standard InChI is InChI=1S/C23H25N2O8P/c1-15-10-12-16(13-11-15)22(34(27,30-4)31-5)33-21(26)17-8-6-7-9-18(17)32-23-24-19(28-2)14-20(25-23)29-3/h6-14,22H,1-5H3. The number of carbonyl (C=O) groups is 1. The van der Waals surface area contributed by atoms with E-state index < -0.39 is 19.4 Å². The van der Waals surface area contributed by atoms with Crippen LogP contribution in [0, 0.1) is 6.92 Å². The van der Waals surface area contributed by atoms with E-state index in [4.69, 9.17) is 28.0 Å². The van der Waals surface area contributed by atoms with Crippen molar-refractivity contribution in [2.24, 2.45) is 0 Å². The second kappa shape index (κ2) is 11.1. The Morgan fingerprint density at radius 2 is 1.47 bits per heavy atom. The Kier molecular flexibility index (Phi) is 8.22. The van der Waals surface area contributed by atoms with Crippen molar-refractivity contribution in [1.29, 1.82) is 0 Å². The van der Waals surface area contributed by atoms with E-state index in [2.05, 4.69) is 9.97 Å². The van der Waals surface area contributed by atoms with Gasteiger partial charge in [0.2, 0.25) is 17.6 Å². The lowest BCUT2D eigenvalue weighted by atomic mass is 10.1. The van der Waals surface area contributed by atoms with Crippen LogP contribution in [0.25, 0.3) is 0 Å². The molecule has 0 N–H and O–H groups in total. The van der Waals surface area contributed by atoms with Gasteiger partial charge in [-0.25, -0.2) is 4.79 Å². The molecule has 0 aliphatic carbocycles. The maximum Gasteiger partial charge on any atom is 0.375 e. The highest BCUT2D eigenvalue weighted by Crippen LogP contribution is 2.60. The number of nitrogens with zero attached hydrogens (tertiary/aromatic N) is 2. The van der Waals surface area contributed by atoms with E-state index >= 15 is 0 Å². The molecule has 3 aromatic rings. The number of esters is 1. The zero-order valence-electron chi connectivity index (χ0n) is 19.4. The minimum Gasteiger partial charge on any atom is -0.481 e. The van der Waals surface area contributed by atoms with Crippen LogP contribution in [-0.4, -0.2) is 44.4 Å². The summed E-state index contributed by atoms with van der Waals surface area (Å²) < 4.78 is 45.1. The minimum atomic E-state index is -3.85. The van der Waals surface area contributed by atoms with Crippen molar-refractivity contribution in [3.05, 3.63) is 71.3 Å². The monoisotopic (exact) mass is 488 g/mol. The van der Waals surface area contributed by atoms with Crippen molar-refractivity contribution in [2.45, 2.75) is 12.8 Å². The summed E-state index contributed by atoms with van der Waals surface area (Å²) in [4.78, 5) is 21.4. The first-order valence-corrected chi connectivity index (χ1v) is 11.7. The fourth-order valence-corrected chi connectivity index (χ4v) is 4.23. The first-order chi connectivity index (χ1) is 16.3. The van der Waals surface area contributed by atoms with Crippen molar-refractivity contribution in [2.75, 3.05) is 28.4 Å². The molecule has 1 unspecified atom stereocenters. The van der Waals surface area contributed by atoms with E-state index in [1.54, 1.807) is 42.5 Å². The number of benzene rings is 2. The molecule has 3 rings (SSSR count). The van der Waals surface area contributed by atoms with Gasteiger partial charge < -0.3 is 28.0 Å². The van der Waals surface area contributed by atoms with E-state index in [-0.39, 0.29) is 29.1 Å². The van der Waals surface area contributed by atoms with Crippen LogP contribution in [0.2, 0.25) is 0 Å². The molecule has 0 bridgehead atoms. The fraction of sp³-hybridized carbons (Fsp3) is 0.261. The largest absolute Gasteiger partial charge is 0.481 e. The molecule has 0 amide bonds. The number of ether oxygens (including phenoxy) is 4. The summed E-state index contributed by atoms with van der Waals surface area (Å²) in [5.74, 6) is -1.60. The Balaban J connectivity index is 1.95. The van der Waals surface area contributed by atoms with Gasteiger partial charge in [-0.1, -0.05) is 42.0 Å². The maximum atomic E-state index is 13.2. The van der Waals surface area contributed by atoms with Gasteiger partial charge in [0.25, 0.3) is 0 Å². The Hall–Kier alpha value is -3.46. The summed E-state index contributed by atoms with van der Waals surface area (Å²) in [6, 6.07) is 14.7. The lowest BCUT2D eigenvalue weighted by Gasteiger charge is -2.25. The molecule has 10 nitrogen and oxygen atoms in total. The summed E-state index contributed by atoms with van der Waals surface area (Å²) in [7, 11) is 1.48. The summed E-state index contributed by atoms with van der Waals surface area (Å²) >= 11 is 0. The Morgan fingerprint density at radius 3 is 2.03 bits per heavy atom. The average molecular weight is 488 g/mol. The molecule has 0 saturated carbocycles. The first-order valence-electron chi connectivity index (χ1n) is 10.1. The number of aromatic nitrogens is 2. The van der Waals surface area contributed by atoms with Gasteiger partial charge in [-0.3, -0.25) is 4.57 Å². The molecule has 1 atom stereocenters. The number of aryl methyl sites for hydroxylation is 1. The Morgan fingerprint density at radius 1 is 0.882 bits per heavy atom. The van der Waals surface area contributed by atoms with Crippen LogP contribution in [0.3, 0.4) is 0 Å². The highest BCUT2D eigenvalue weighted by molar-refractivity contribution is 7.54. The maximum absolute atomic E-state index is 13.2. The average Bonchev–Trinajstić information content (AvgIpc) is 2.87. The summed E-state index contributed by atoms with van der Waals surface area (Å²) in [6.07, 6.45) is 0.